The molecular weight excluding hydrogens is 194 g/mol. The van der Waals surface area contributed by atoms with Gasteiger partial charge in [0.1, 0.15) is 0 Å². The van der Waals surface area contributed by atoms with Crippen molar-refractivity contribution in [2.45, 2.75) is 18.9 Å². The van der Waals surface area contributed by atoms with Crippen molar-refractivity contribution in [3.63, 3.8) is 0 Å². The van der Waals surface area contributed by atoms with Crippen LogP contribution in [0.4, 0.5) is 4.79 Å². The van der Waals surface area contributed by atoms with E-state index in [0.717, 1.165) is 5.56 Å². The Morgan fingerprint density at radius 1 is 1.40 bits per heavy atom. The van der Waals surface area contributed by atoms with Crippen molar-refractivity contribution in [2.24, 2.45) is 0 Å². The Kier molecular flexibility index (Phi) is 3.68. The van der Waals surface area contributed by atoms with Crippen LogP contribution in [0.5, 0.6) is 0 Å². The van der Waals surface area contributed by atoms with Gasteiger partial charge in [-0.25, -0.2) is 4.79 Å². The average Bonchev–Trinajstić information content (AvgIpc) is 2.18. The predicted octanol–water partition coefficient (Wildman–Crippen LogP) is 1.25. The molecule has 15 heavy (non-hydrogen) atoms. The summed E-state index contributed by atoms with van der Waals surface area (Å²) in [5.41, 5.74) is 0.163. The maximum Gasteiger partial charge on any atom is 0.405 e. The number of carbonyl (C=O) groups is 1. The van der Waals surface area contributed by atoms with E-state index in [1.807, 2.05) is 30.3 Å². The van der Waals surface area contributed by atoms with Crippen LogP contribution in [0.2, 0.25) is 0 Å². The molecule has 1 rings (SSSR count). The number of carboxylic acid groups (broad SMARTS) is 1. The number of amides is 1. The van der Waals surface area contributed by atoms with Crippen LogP contribution in [0.25, 0.3) is 0 Å². The minimum Gasteiger partial charge on any atom is -0.465 e. The van der Waals surface area contributed by atoms with E-state index in [0.29, 0.717) is 6.42 Å². The standard InChI is InChI=1S/C11H15NO3/c1-11(8-13,12-10(14)15)7-9-5-3-2-4-6-9/h2-6,12-13H,7-8H2,1H3,(H,14,15). The maximum absolute atomic E-state index is 10.5. The Hall–Kier alpha value is -1.55. The second-order valence-corrected chi connectivity index (χ2v) is 3.81. The molecule has 1 amide bonds. The van der Waals surface area contributed by atoms with Gasteiger partial charge in [0.15, 0.2) is 0 Å². The Bertz CT molecular complexity index is 326. The summed E-state index contributed by atoms with van der Waals surface area (Å²) in [6, 6.07) is 9.46. The van der Waals surface area contributed by atoms with E-state index >= 15 is 0 Å². The highest BCUT2D eigenvalue weighted by Crippen LogP contribution is 2.12. The van der Waals surface area contributed by atoms with Gasteiger partial charge in [-0.05, 0) is 18.9 Å². The Morgan fingerprint density at radius 2 is 2.00 bits per heavy atom. The van der Waals surface area contributed by atoms with E-state index in [9.17, 15) is 4.79 Å². The van der Waals surface area contributed by atoms with Crippen molar-refractivity contribution in [3.8, 4) is 0 Å². The van der Waals surface area contributed by atoms with Gasteiger partial charge in [-0.15, -0.1) is 0 Å². The van der Waals surface area contributed by atoms with Gasteiger partial charge < -0.3 is 15.5 Å². The van der Waals surface area contributed by atoms with Crippen molar-refractivity contribution in [1.82, 2.24) is 5.32 Å². The Labute approximate surface area is 88.6 Å². The molecule has 0 spiro atoms. The fourth-order valence-electron chi connectivity index (χ4n) is 1.44. The number of aliphatic hydroxyl groups is 1. The van der Waals surface area contributed by atoms with E-state index in [2.05, 4.69) is 5.32 Å². The maximum atomic E-state index is 10.5. The van der Waals surface area contributed by atoms with Gasteiger partial charge >= 0.3 is 6.09 Å². The summed E-state index contributed by atoms with van der Waals surface area (Å²) < 4.78 is 0. The Morgan fingerprint density at radius 3 is 2.47 bits per heavy atom. The van der Waals surface area contributed by atoms with Crippen LogP contribution in [0.1, 0.15) is 12.5 Å². The van der Waals surface area contributed by atoms with E-state index in [1.165, 1.54) is 0 Å². The molecule has 4 heteroatoms. The minimum absolute atomic E-state index is 0.228. The number of rotatable bonds is 4. The molecule has 0 bridgehead atoms. The van der Waals surface area contributed by atoms with Gasteiger partial charge in [-0.3, -0.25) is 0 Å². The number of hydrogen-bond donors (Lipinski definition) is 3. The van der Waals surface area contributed by atoms with Gasteiger partial charge in [0.05, 0.1) is 12.1 Å². The van der Waals surface area contributed by atoms with Crippen LogP contribution in [0.15, 0.2) is 30.3 Å². The van der Waals surface area contributed by atoms with Crippen LogP contribution in [-0.4, -0.2) is 28.5 Å². The third-order valence-electron chi connectivity index (χ3n) is 2.19. The third-order valence-corrected chi connectivity index (χ3v) is 2.19. The molecule has 3 N–H and O–H groups in total. The first kappa shape index (κ1) is 11.5. The summed E-state index contributed by atoms with van der Waals surface area (Å²) in [6.07, 6.45) is -0.654. The largest absolute Gasteiger partial charge is 0.465 e. The summed E-state index contributed by atoms with van der Waals surface area (Å²) in [5, 5.41) is 20.1. The third kappa shape index (κ3) is 3.59. The molecule has 4 nitrogen and oxygen atoms in total. The second-order valence-electron chi connectivity index (χ2n) is 3.81. The van der Waals surface area contributed by atoms with Gasteiger partial charge in [-0.1, -0.05) is 30.3 Å². The monoisotopic (exact) mass is 209 g/mol. The number of aliphatic hydroxyl groups excluding tert-OH is 1. The highest BCUT2D eigenvalue weighted by Gasteiger charge is 2.25. The minimum atomic E-state index is -1.12. The van der Waals surface area contributed by atoms with Crippen LogP contribution >= 0.6 is 0 Å². The molecule has 1 unspecified atom stereocenters. The van der Waals surface area contributed by atoms with Gasteiger partial charge in [0.2, 0.25) is 0 Å². The van der Waals surface area contributed by atoms with Crippen molar-refractivity contribution in [2.75, 3.05) is 6.61 Å². The molecule has 0 aliphatic heterocycles. The zero-order chi connectivity index (χ0) is 11.3. The summed E-state index contributed by atoms with van der Waals surface area (Å²) in [5.74, 6) is 0. The lowest BCUT2D eigenvalue weighted by molar-refractivity contribution is 0.146. The Balaban J connectivity index is 2.72. The molecule has 1 aromatic rings. The van der Waals surface area contributed by atoms with Crippen molar-refractivity contribution in [1.29, 1.82) is 0 Å². The predicted molar refractivity (Wildman–Crippen MR) is 56.8 cm³/mol. The first-order chi connectivity index (χ1) is 7.06. The van der Waals surface area contributed by atoms with Gasteiger partial charge in [0.25, 0.3) is 0 Å². The zero-order valence-electron chi connectivity index (χ0n) is 8.60. The normalized spacial score (nSPS) is 14.3. The highest BCUT2D eigenvalue weighted by molar-refractivity contribution is 5.65. The molecule has 0 radical (unpaired) electrons. The molecule has 0 aliphatic rings. The van der Waals surface area contributed by atoms with E-state index in [4.69, 9.17) is 10.2 Å². The SMILES string of the molecule is CC(CO)(Cc1ccccc1)NC(=O)O. The first-order valence-corrected chi connectivity index (χ1v) is 4.72. The van der Waals surface area contributed by atoms with E-state index in [1.54, 1.807) is 6.92 Å². The lowest BCUT2D eigenvalue weighted by Gasteiger charge is -2.27. The molecule has 82 valence electrons. The lowest BCUT2D eigenvalue weighted by atomic mass is 9.94. The van der Waals surface area contributed by atoms with Crippen molar-refractivity contribution >= 4 is 6.09 Å². The fourth-order valence-corrected chi connectivity index (χ4v) is 1.44. The first-order valence-electron chi connectivity index (χ1n) is 4.72. The summed E-state index contributed by atoms with van der Waals surface area (Å²) in [6.45, 7) is 1.45. The number of nitrogens with one attached hydrogen (secondary N) is 1. The van der Waals surface area contributed by atoms with Crippen LogP contribution < -0.4 is 5.32 Å². The quantitative estimate of drug-likeness (QED) is 0.699. The summed E-state index contributed by atoms with van der Waals surface area (Å²) in [7, 11) is 0. The molecular formula is C11H15NO3. The highest BCUT2D eigenvalue weighted by atomic mass is 16.4. The van der Waals surface area contributed by atoms with Crippen LogP contribution in [0, 0.1) is 0 Å². The fraction of sp³-hybridized carbons (Fsp3) is 0.364. The van der Waals surface area contributed by atoms with Crippen molar-refractivity contribution < 1.29 is 15.0 Å². The molecule has 0 heterocycles. The molecule has 0 saturated heterocycles. The average molecular weight is 209 g/mol. The molecule has 0 fully saturated rings. The zero-order valence-corrected chi connectivity index (χ0v) is 8.60. The lowest BCUT2D eigenvalue weighted by Crippen LogP contribution is -2.50. The molecule has 1 aromatic carbocycles. The topological polar surface area (TPSA) is 69.6 Å². The van der Waals surface area contributed by atoms with Gasteiger partial charge in [0, 0.05) is 0 Å². The van der Waals surface area contributed by atoms with Gasteiger partial charge in [-0.2, -0.15) is 0 Å². The number of benzene rings is 1. The molecule has 0 aromatic heterocycles. The van der Waals surface area contributed by atoms with E-state index in [-0.39, 0.29) is 6.61 Å². The summed E-state index contributed by atoms with van der Waals surface area (Å²) in [4.78, 5) is 10.5. The smallest absolute Gasteiger partial charge is 0.405 e. The second kappa shape index (κ2) is 4.79. The van der Waals surface area contributed by atoms with Crippen LogP contribution in [0.3, 0.4) is 0 Å². The number of hydrogen-bond acceptors (Lipinski definition) is 2. The molecule has 1 atom stereocenters. The summed E-state index contributed by atoms with van der Waals surface area (Å²) >= 11 is 0. The molecule has 0 aliphatic carbocycles. The molecule has 0 saturated carbocycles. The van der Waals surface area contributed by atoms with E-state index < -0.39 is 11.6 Å². The van der Waals surface area contributed by atoms with Crippen LogP contribution in [-0.2, 0) is 6.42 Å². The van der Waals surface area contributed by atoms with Crippen molar-refractivity contribution in [3.05, 3.63) is 35.9 Å².